The molecular formula is C20H17N5O3. The van der Waals surface area contributed by atoms with Crippen molar-refractivity contribution in [1.29, 1.82) is 0 Å². The van der Waals surface area contributed by atoms with Gasteiger partial charge in [0.1, 0.15) is 0 Å². The van der Waals surface area contributed by atoms with Crippen LogP contribution >= 0.6 is 0 Å². The van der Waals surface area contributed by atoms with Gasteiger partial charge in [-0.2, -0.15) is 5.10 Å². The van der Waals surface area contributed by atoms with Crippen molar-refractivity contribution in [3.8, 4) is 11.3 Å². The Kier molecular flexibility index (Phi) is 4.51. The number of nitrogens with one attached hydrogen (secondary N) is 4. The highest BCUT2D eigenvalue weighted by atomic mass is 16.5. The van der Waals surface area contributed by atoms with Crippen LogP contribution in [0.4, 0.5) is 16.2 Å². The van der Waals surface area contributed by atoms with E-state index in [-0.39, 0.29) is 0 Å². The minimum atomic E-state index is -0.477. The van der Waals surface area contributed by atoms with Crippen LogP contribution in [-0.2, 0) is 4.74 Å². The van der Waals surface area contributed by atoms with Crippen LogP contribution in [0.15, 0.2) is 60.9 Å². The Morgan fingerprint density at radius 3 is 2.68 bits per heavy atom. The largest absolute Gasteiger partial charge is 0.465 e. The van der Waals surface area contributed by atoms with Crippen LogP contribution in [0.5, 0.6) is 0 Å². The molecule has 0 aliphatic carbocycles. The van der Waals surface area contributed by atoms with E-state index in [2.05, 4.69) is 25.8 Å². The van der Waals surface area contributed by atoms with Crippen molar-refractivity contribution >= 4 is 34.3 Å². The first-order chi connectivity index (χ1) is 13.7. The van der Waals surface area contributed by atoms with Gasteiger partial charge in [-0.25, -0.2) is 9.59 Å². The zero-order valence-corrected chi connectivity index (χ0v) is 14.9. The Bertz CT molecular complexity index is 1150. The molecule has 0 bridgehead atoms. The molecule has 0 atom stereocenters. The molecule has 4 rings (SSSR count). The van der Waals surface area contributed by atoms with E-state index in [1.165, 1.54) is 13.3 Å². The van der Waals surface area contributed by atoms with Gasteiger partial charge in [0.15, 0.2) is 0 Å². The van der Waals surface area contributed by atoms with Gasteiger partial charge in [0, 0.05) is 28.4 Å². The van der Waals surface area contributed by atoms with Gasteiger partial charge in [-0.1, -0.05) is 30.3 Å². The number of amides is 2. The minimum absolute atomic E-state index is 0.366. The molecule has 140 valence electrons. The quantitative estimate of drug-likeness (QED) is 0.404. The molecule has 4 N–H and O–H groups in total. The molecule has 0 radical (unpaired) electrons. The molecule has 4 aromatic rings. The summed E-state index contributed by atoms with van der Waals surface area (Å²) in [6, 6.07) is 14.2. The fraction of sp³-hybridized carbons (Fsp3) is 0.0500. The highest BCUT2D eigenvalue weighted by molar-refractivity contribution is 6.08. The van der Waals surface area contributed by atoms with Crippen LogP contribution in [0.2, 0.25) is 0 Å². The topological polar surface area (TPSA) is 112 Å². The summed E-state index contributed by atoms with van der Waals surface area (Å²) in [5, 5.41) is 13.1. The average Bonchev–Trinajstić information content (AvgIpc) is 3.36. The fourth-order valence-electron chi connectivity index (χ4n) is 3.01. The number of urea groups is 1. The zero-order valence-electron chi connectivity index (χ0n) is 14.9. The highest BCUT2D eigenvalue weighted by Crippen LogP contribution is 2.26. The van der Waals surface area contributed by atoms with Gasteiger partial charge in [-0.3, -0.25) is 5.10 Å². The van der Waals surface area contributed by atoms with E-state index in [1.54, 1.807) is 24.4 Å². The Hall–Kier alpha value is -4.07. The van der Waals surface area contributed by atoms with Crippen molar-refractivity contribution in [3.05, 3.63) is 66.5 Å². The maximum absolute atomic E-state index is 12.5. The summed E-state index contributed by atoms with van der Waals surface area (Å²) >= 11 is 0. The van der Waals surface area contributed by atoms with Crippen LogP contribution in [0.1, 0.15) is 10.4 Å². The molecule has 2 aromatic heterocycles. The number of benzene rings is 2. The van der Waals surface area contributed by atoms with E-state index in [1.807, 2.05) is 30.3 Å². The van der Waals surface area contributed by atoms with Crippen molar-refractivity contribution in [1.82, 2.24) is 15.2 Å². The number of aromatic amines is 2. The molecule has 0 saturated heterocycles. The van der Waals surface area contributed by atoms with Crippen LogP contribution in [0, 0.1) is 0 Å². The molecule has 0 unspecified atom stereocenters. The van der Waals surface area contributed by atoms with Crippen LogP contribution in [0.25, 0.3) is 22.2 Å². The van der Waals surface area contributed by atoms with Crippen molar-refractivity contribution in [3.63, 3.8) is 0 Å². The number of anilines is 2. The second kappa shape index (κ2) is 7.28. The number of rotatable bonds is 4. The highest BCUT2D eigenvalue weighted by Gasteiger charge is 2.15. The predicted molar refractivity (Wildman–Crippen MR) is 106 cm³/mol. The first-order valence-corrected chi connectivity index (χ1v) is 8.52. The molecule has 8 heteroatoms. The van der Waals surface area contributed by atoms with Crippen LogP contribution in [0.3, 0.4) is 0 Å². The molecule has 0 saturated carbocycles. The predicted octanol–water partition coefficient (Wildman–Crippen LogP) is 3.99. The van der Waals surface area contributed by atoms with Crippen molar-refractivity contribution in [2.24, 2.45) is 0 Å². The molecule has 2 heterocycles. The van der Waals surface area contributed by atoms with E-state index in [9.17, 15) is 9.59 Å². The summed E-state index contributed by atoms with van der Waals surface area (Å²) in [4.78, 5) is 27.6. The first kappa shape index (κ1) is 17.3. The number of esters is 1. The molecule has 28 heavy (non-hydrogen) atoms. The van der Waals surface area contributed by atoms with E-state index in [0.29, 0.717) is 28.1 Å². The second-order valence-corrected chi connectivity index (χ2v) is 6.06. The van der Waals surface area contributed by atoms with Gasteiger partial charge in [-0.15, -0.1) is 0 Å². The lowest BCUT2D eigenvalue weighted by Crippen LogP contribution is -2.20. The summed E-state index contributed by atoms with van der Waals surface area (Å²) in [7, 11) is 1.32. The number of hydrogen-bond donors (Lipinski definition) is 4. The SMILES string of the molecule is COC(=O)c1cc(NC(=O)Nc2cn[nH]c2-c2ccccc2)cc2[nH]ccc12. The summed E-state index contributed by atoms with van der Waals surface area (Å²) in [6.07, 6.45) is 3.26. The number of fused-ring (bicyclic) bond motifs is 1. The first-order valence-electron chi connectivity index (χ1n) is 8.52. The van der Waals surface area contributed by atoms with E-state index >= 15 is 0 Å². The van der Waals surface area contributed by atoms with Gasteiger partial charge in [0.05, 0.1) is 30.3 Å². The van der Waals surface area contributed by atoms with E-state index in [4.69, 9.17) is 4.74 Å². The van der Waals surface area contributed by atoms with Gasteiger partial charge in [-0.05, 0) is 18.2 Å². The second-order valence-electron chi connectivity index (χ2n) is 6.06. The van der Waals surface area contributed by atoms with Gasteiger partial charge < -0.3 is 20.4 Å². The minimum Gasteiger partial charge on any atom is -0.465 e. The van der Waals surface area contributed by atoms with Crippen molar-refractivity contribution < 1.29 is 14.3 Å². The standard InChI is InChI=1S/C20H17N5O3/c1-28-19(26)15-9-13(10-16-14(15)7-8-21-16)23-20(27)24-17-11-22-25-18(17)12-5-3-2-4-6-12/h2-11,21H,1H3,(H,22,25)(H2,23,24,27). The van der Waals surface area contributed by atoms with Crippen LogP contribution < -0.4 is 10.6 Å². The summed E-state index contributed by atoms with van der Waals surface area (Å²) in [5.74, 6) is -0.477. The maximum Gasteiger partial charge on any atom is 0.338 e. The molecule has 2 amide bonds. The van der Waals surface area contributed by atoms with E-state index in [0.717, 1.165) is 10.9 Å². The summed E-state index contributed by atoms with van der Waals surface area (Å²) < 4.78 is 4.83. The Labute approximate surface area is 159 Å². The Morgan fingerprint density at radius 1 is 1.07 bits per heavy atom. The third kappa shape index (κ3) is 3.30. The monoisotopic (exact) mass is 375 g/mol. The third-order valence-corrected chi connectivity index (χ3v) is 4.28. The number of carbonyl (C=O) groups is 2. The molecule has 0 aliphatic heterocycles. The Morgan fingerprint density at radius 2 is 1.89 bits per heavy atom. The molecule has 0 aliphatic rings. The number of carbonyl (C=O) groups excluding carboxylic acids is 2. The lowest BCUT2D eigenvalue weighted by Gasteiger charge is -2.10. The van der Waals surface area contributed by atoms with Gasteiger partial charge in [0.2, 0.25) is 0 Å². The maximum atomic E-state index is 12.5. The summed E-state index contributed by atoms with van der Waals surface area (Å²) in [6.45, 7) is 0. The zero-order chi connectivity index (χ0) is 19.5. The van der Waals surface area contributed by atoms with Crippen LogP contribution in [-0.4, -0.2) is 34.3 Å². The molecule has 8 nitrogen and oxygen atoms in total. The van der Waals surface area contributed by atoms with Gasteiger partial charge >= 0.3 is 12.0 Å². The lowest BCUT2D eigenvalue weighted by atomic mass is 10.1. The molecule has 0 fully saturated rings. The normalized spacial score (nSPS) is 10.6. The fourth-order valence-corrected chi connectivity index (χ4v) is 3.01. The molecule has 0 spiro atoms. The molecular weight excluding hydrogens is 358 g/mol. The number of hydrogen-bond acceptors (Lipinski definition) is 4. The van der Waals surface area contributed by atoms with Gasteiger partial charge in [0.25, 0.3) is 0 Å². The third-order valence-electron chi connectivity index (χ3n) is 4.28. The number of aromatic nitrogens is 3. The lowest BCUT2D eigenvalue weighted by molar-refractivity contribution is 0.0603. The van der Waals surface area contributed by atoms with Crippen molar-refractivity contribution in [2.75, 3.05) is 17.7 Å². The number of nitrogens with zero attached hydrogens (tertiary/aromatic N) is 1. The Balaban J connectivity index is 1.57. The number of methoxy groups -OCH3 is 1. The average molecular weight is 375 g/mol. The van der Waals surface area contributed by atoms with Crippen molar-refractivity contribution in [2.45, 2.75) is 0 Å². The number of ether oxygens (including phenoxy) is 1. The van der Waals surface area contributed by atoms with E-state index < -0.39 is 12.0 Å². The summed E-state index contributed by atoms with van der Waals surface area (Å²) in [5.41, 5.74) is 3.67. The number of H-pyrrole nitrogens is 2. The smallest absolute Gasteiger partial charge is 0.338 e. The molecule has 2 aromatic carbocycles.